The molecule has 0 amide bonds. The lowest BCUT2D eigenvalue weighted by Crippen LogP contribution is -2.63. The molecule has 33 heavy (non-hydrogen) atoms. The van der Waals surface area contributed by atoms with E-state index in [1.165, 1.54) is 6.08 Å². The van der Waals surface area contributed by atoms with Crippen LogP contribution in [0.3, 0.4) is 0 Å². The minimum atomic E-state index is -1.83. The molecule has 3 aliphatic rings. The van der Waals surface area contributed by atoms with Crippen LogP contribution in [-0.4, -0.2) is 45.2 Å². The average Bonchev–Trinajstić information content (AvgIpc) is 3.08. The third-order valence-electron chi connectivity index (χ3n) is 9.72. The van der Waals surface area contributed by atoms with E-state index in [1.54, 1.807) is 6.92 Å². The van der Waals surface area contributed by atoms with Gasteiger partial charge in [0.05, 0.1) is 11.5 Å². The van der Waals surface area contributed by atoms with Crippen LogP contribution in [0, 0.1) is 40.4 Å². The Morgan fingerprint density at radius 2 is 1.76 bits per heavy atom. The van der Waals surface area contributed by atoms with Gasteiger partial charge in [0, 0.05) is 18.6 Å². The molecule has 5 nitrogen and oxygen atoms in total. The van der Waals surface area contributed by atoms with Gasteiger partial charge in [0.2, 0.25) is 0 Å². The van der Waals surface area contributed by atoms with Crippen molar-refractivity contribution in [2.45, 2.75) is 91.8 Å². The van der Waals surface area contributed by atoms with E-state index in [2.05, 4.69) is 46.8 Å². The van der Waals surface area contributed by atoms with Crippen molar-refractivity contribution in [3.05, 3.63) is 23.8 Å². The molecule has 5 heteroatoms. The number of fused-ring (bicyclic) bond motifs is 1. The predicted molar refractivity (Wildman–Crippen MR) is 129 cm³/mol. The number of aliphatic hydroxyl groups is 3. The first-order valence-electron chi connectivity index (χ1n) is 12.8. The van der Waals surface area contributed by atoms with Crippen LogP contribution in [0.1, 0.15) is 80.1 Å². The largest absolute Gasteiger partial charge is 0.396 e. The average molecular weight is 461 g/mol. The number of rotatable bonds is 7. The highest BCUT2D eigenvalue weighted by molar-refractivity contribution is 6.16. The second kappa shape index (κ2) is 9.39. The fraction of sp³-hybridized carbons (Fsp3) is 0.786. The van der Waals surface area contributed by atoms with Crippen molar-refractivity contribution >= 4 is 11.6 Å². The summed E-state index contributed by atoms with van der Waals surface area (Å²) in [6.07, 6.45) is 8.09. The molecule has 8 atom stereocenters. The summed E-state index contributed by atoms with van der Waals surface area (Å²) in [5.74, 6) is 0.898. The molecule has 0 aromatic heterocycles. The van der Waals surface area contributed by atoms with Gasteiger partial charge in [-0.05, 0) is 80.1 Å². The minimum absolute atomic E-state index is 0.0329. The zero-order chi connectivity index (χ0) is 24.8. The summed E-state index contributed by atoms with van der Waals surface area (Å²) < 4.78 is 0. The van der Waals surface area contributed by atoms with Gasteiger partial charge in [-0.25, -0.2) is 0 Å². The van der Waals surface area contributed by atoms with Gasteiger partial charge in [0.15, 0.2) is 11.6 Å². The summed E-state index contributed by atoms with van der Waals surface area (Å²) in [4.78, 5) is 27.0. The molecule has 0 saturated heterocycles. The van der Waals surface area contributed by atoms with Crippen molar-refractivity contribution in [1.82, 2.24) is 0 Å². The monoisotopic (exact) mass is 460 g/mol. The third kappa shape index (κ3) is 4.30. The molecule has 0 spiro atoms. The van der Waals surface area contributed by atoms with Crippen molar-refractivity contribution in [2.24, 2.45) is 40.4 Å². The molecule has 2 saturated carbocycles. The van der Waals surface area contributed by atoms with Gasteiger partial charge in [0.25, 0.3) is 0 Å². The lowest BCUT2D eigenvalue weighted by Gasteiger charge is -2.51. The number of carbonyl (C=O) groups is 2. The van der Waals surface area contributed by atoms with Crippen molar-refractivity contribution in [3.63, 3.8) is 0 Å². The number of aliphatic hydroxyl groups excluding tert-OH is 2. The molecule has 0 heterocycles. The number of ketones is 2. The van der Waals surface area contributed by atoms with Gasteiger partial charge in [0.1, 0.15) is 5.60 Å². The maximum atomic E-state index is 13.8. The molecule has 0 aliphatic heterocycles. The molecule has 0 radical (unpaired) electrons. The fourth-order valence-corrected chi connectivity index (χ4v) is 6.85. The molecule has 0 bridgehead atoms. The second-order valence-electron chi connectivity index (χ2n) is 11.9. The Kier molecular flexibility index (Phi) is 7.49. The van der Waals surface area contributed by atoms with Gasteiger partial charge in [-0.3, -0.25) is 9.59 Å². The zero-order valence-corrected chi connectivity index (χ0v) is 21.3. The predicted octanol–water partition coefficient (Wildman–Crippen LogP) is 4.25. The SMILES string of the molecule is CC(C)[C@@H](C)/C=C/[C@@H](C)[C@H]1CC[C@@H](C2=CC(=O)[C@@]3(O)C[C@@H](O)CC[C@]3(C)C2=O)[C@]1(C)CCO. The second-order valence-corrected chi connectivity index (χ2v) is 11.9. The van der Waals surface area contributed by atoms with Crippen LogP contribution < -0.4 is 0 Å². The number of allylic oxidation sites excluding steroid dienone is 3. The molecule has 2 fully saturated rings. The van der Waals surface area contributed by atoms with Crippen LogP contribution in [0.4, 0.5) is 0 Å². The normalized spacial score (nSPS) is 41.4. The number of hydrogen-bond acceptors (Lipinski definition) is 5. The highest BCUT2D eigenvalue weighted by atomic mass is 16.3. The summed E-state index contributed by atoms with van der Waals surface area (Å²) in [7, 11) is 0. The van der Waals surface area contributed by atoms with Crippen molar-refractivity contribution < 1.29 is 24.9 Å². The van der Waals surface area contributed by atoms with Crippen LogP contribution in [0.25, 0.3) is 0 Å². The fourth-order valence-electron chi connectivity index (χ4n) is 6.85. The molecular weight excluding hydrogens is 416 g/mol. The molecule has 3 aliphatic carbocycles. The Hall–Kier alpha value is -1.30. The first-order chi connectivity index (χ1) is 15.3. The molecule has 0 unspecified atom stereocenters. The molecule has 3 rings (SSSR count). The van der Waals surface area contributed by atoms with Gasteiger partial charge in [-0.2, -0.15) is 0 Å². The van der Waals surface area contributed by atoms with Crippen LogP contribution in [0.5, 0.6) is 0 Å². The van der Waals surface area contributed by atoms with E-state index < -0.39 is 22.9 Å². The van der Waals surface area contributed by atoms with E-state index in [0.717, 1.165) is 12.8 Å². The molecule has 186 valence electrons. The maximum absolute atomic E-state index is 13.8. The Bertz CT molecular complexity index is 828. The highest BCUT2D eigenvalue weighted by Gasteiger charge is 2.63. The van der Waals surface area contributed by atoms with Crippen LogP contribution in [0.15, 0.2) is 23.8 Å². The van der Waals surface area contributed by atoms with Crippen LogP contribution in [-0.2, 0) is 9.59 Å². The van der Waals surface area contributed by atoms with Gasteiger partial charge < -0.3 is 15.3 Å². The molecular formula is C28H44O5. The maximum Gasteiger partial charge on any atom is 0.188 e. The van der Waals surface area contributed by atoms with Gasteiger partial charge in [-0.1, -0.05) is 46.8 Å². The topological polar surface area (TPSA) is 94.8 Å². The lowest BCUT2D eigenvalue weighted by molar-refractivity contribution is -0.174. The highest BCUT2D eigenvalue weighted by Crippen LogP contribution is 2.59. The number of carbonyl (C=O) groups excluding carboxylic acids is 2. The van der Waals surface area contributed by atoms with Crippen LogP contribution >= 0.6 is 0 Å². The van der Waals surface area contributed by atoms with E-state index in [4.69, 9.17) is 0 Å². The Morgan fingerprint density at radius 3 is 2.36 bits per heavy atom. The van der Waals surface area contributed by atoms with E-state index in [1.807, 2.05) is 0 Å². The quantitative estimate of drug-likeness (QED) is 0.494. The first-order valence-corrected chi connectivity index (χ1v) is 12.8. The summed E-state index contributed by atoms with van der Waals surface area (Å²) in [5.41, 5.74) is -2.83. The van der Waals surface area contributed by atoms with Gasteiger partial charge in [-0.15, -0.1) is 0 Å². The summed E-state index contributed by atoms with van der Waals surface area (Å²) in [6, 6.07) is 0. The smallest absolute Gasteiger partial charge is 0.188 e. The summed E-state index contributed by atoms with van der Waals surface area (Å²) in [6.45, 7) is 12.8. The van der Waals surface area contributed by atoms with Crippen molar-refractivity contribution in [3.8, 4) is 0 Å². The molecule has 3 N–H and O–H groups in total. The first kappa shape index (κ1) is 26.3. The Morgan fingerprint density at radius 1 is 1.09 bits per heavy atom. The summed E-state index contributed by atoms with van der Waals surface area (Å²) >= 11 is 0. The number of hydrogen-bond donors (Lipinski definition) is 3. The number of Topliss-reactive ketones (excluding diaryl/α,β-unsaturated/α-hetero) is 1. The van der Waals surface area contributed by atoms with Crippen molar-refractivity contribution in [2.75, 3.05) is 6.61 Å². The van der Waals surface area contributed by atoms with Crippen molar-refractivity contribution in [1.29, 1.82) is 0 Å². The summed E-state index contributed by atoms with van der Waals surface area (Å²) in [5, 5.41) is 31.3. The van der Waals surface area contributed by atoms with E-state index in [9.17, 15) is 24.9 Å². The standard InChI is InChI=1S/C28H44O5/c1-17(2)18(3)7-8-19(4)22-9-10-23(26(22,5)13-14-29)21-15-24(31)28(33)16-20(30)11-12-27(28,6)25(21)32/h7-8,15,17-20,22-23,29-30,33H,9-14,16H2,1-6H3/b8-7+/t18-,19+,20-,22+,23-,26+,27+,28-/m0/s1. The lowest BCUT2D eigenvalue weighted by atomic mass is 9.53. The minimum Gasteiger partial charge on any atom is -0.396 e. The van der Waals surface area contributed by atoms with Gasteiger partial charge >= 0.3 is 0 Å². The van der Waals surface area contributed by atoms with E-state index >= 15 is 0 Å². The Balaban J connectivity index is 1.95. The molecule has 0 aromatic rings. The zero-order valence-electron chi connectivity index (χ0n) is 21.3. The molecule has 0 aromatic carbocycles. The Labute approximate surface area is 199 Å². The van der Waals surface area contributed by atoms with E-state index in [-0.39, 0.29) is 36.1 Å². The van der Waals surface area contributed by atoms with Crippen LogP contribution in [0.2, 0.25) is 0 Å². The third-order valence-corrected chi connectivity index (χ3v) is 9.72. The van der Waals surface area contributed by atoms with E-state index in [0.29, 0.717) is 42.6 Å².